The number of benzene rings is 1. The standard InChI is InChI=1S/C12H14N2O2/c1-8(2)15-10-6-4-3-5-9(10)11-7-12(13)14-16-11/h3-8H,1-2H3,(H2,13,14). The summed E-state index contributed by atoms with van der Waals surface area (Å²) in [4.78, 5) is 0. The van der Waals surface area contributed by atoms with Gasteiger partial charge in [-0.3, -0.25) is 0 Å². The van der Waals surface area contributed by atoms with Gasteiger partial charge < -0.3 is 15.0 Å². The molecule has 0 aliphatic rings. The van der Waals surface area contributed by atoms with Crippen molar-refractivity contribution in [3.05, 3.63) is 30.3 Å². The normalized spacial score (nSPS) is 10.7. The molecule has 2 aromatic rings. The Labute approximate surface area is 94.0 Å². The van der Waals surface area contributed by atoms with E-state index in [1.165, 1.54) is 0 Å². The number of nitrogens with two attached hydrogens (primary N) is 1. The molecule has 2 N–H and O–H groups in total. The van der Waals surface area contributed by atoms with Gasteiger partial charge in [-0.1, -0.05) is 17.3 Å². The lowest BCUT2D eigenvalue weighted by molar-refractivity contribution is 0.243. The second-order valence-electron chi connectivity index (χ2n) is 3.78. The first kappa shape index (κ1) is 10.5. The van der Waals surface area contributed by atoms with Gasteiger partial charge in [0.2, 0.25) is 0 Å². The molecule has 1 heterocycles. The van der Waals surface area contributed by atoms with Crippen LogP contribution in [0.5, 0.6) is 5.75 Å². The maximum absolute atomic E-state index is 5.68. The van der Waals surface area contributed by atoms with Gasteiger partial charge in [0.25, 0.3) is 0 Å². The molecule has 0 radical (unpaired) electrons. The highest BCUT2D eigenvalue weighted by Gasteiger charge is 2.11. The third kappa shape index (κ3) is 2.16. The topological polar surface area (TPSA) is 61.3 Å². The van der Waals surface area contributed by atoms with Crippen LogP contribution < -0.4 is 10.5 Å². The fraction of sp³-hybridized carbons (Fsp3) is 0.250. The zero-order valence-corrected chi connectivity index (χ0v) is 9.31. The van der Waals surface area contributed by atoms with E-state index in [1.807, 2.05) is 38.1 Å². The Morgan fingerprint density at radius 2 is 2.06 bits per heavy atom. The third-order valence-corrected chi connectivity index (χ3v) is 2.04. The van der Waals surface area contributed by atoms with Crippen LogP contribution in [0.3, 0.4) is 0 Å². The zero-order valence-electron chi connectivity index (χ0n) is 9.31. The van der Waals surface area contributed by atoms with Gasteiger partial charge in [-0.15, -0.1) is 0 Å². The van der Waals surface area contributed by atoms with E-state index in [0.717, 1.165) is 11.3 Å². The maximum Gasteiger partial charge on any atom is 0.172 e. The van der Waals surface area contributed by atoms with E-state index in [0.29, 0.717) is 11.6 Å². The van der Waals surface area contributed by atoms with E-state index in [4.69, 9.17) is 15.0 Å². The van der Waals surface area contributed by atoms with Gasteiger partial charge in [-0.05, 0) is 26.0 Å². The molecular formula is C12H14N2O2. The lowest BCUT2D eigenvalue weighted by atomic mass is 10.1. The molecule has 0 unspecified atom stereocenters. The number of para-hydroxylation sites is 1. The number of anilines is 1. The predicted octanol–water partition coefficient (Wildman–Crippen LogP) is 2.71. The van der Waals surface area contributed by atoms with Crippen LogP contribution in [0.4, 0.5) is 5.82 Å². The quantitative estimate of drug-likeness (QED) is 0.860. The van der Waals surface area contributed by atoms with Crippen LogP contribution in [0, 0.1) is 0 Å². The number of nitrogens with zero attached hydrogens (tertiary/aromatic N) is 1. The molecule has 0 bridgehead atoms. The monoisotopic (exact) mass is 218 g/mol. The van der Waals surface area contributed by atoms with Gasteiger partial charge in [0.05, 0.1) is 11.7 Å². The van der Waals surface area contributed by atoms with E-state index in [2.05, 4.69) is 5.16 Å². The Balaban J connectivity index is 2.40. The minimum atomic E-state index is 0.112. The number of hydrogen-bond donors (Lipinski definition) is 1. The van der Waals surface area contributed by atoms with Crippen molar-refractivity contribution in [3.63, 3.8) is 0 Å². The Morgan fingerprint density at radius 3 is 2.69 bits per heavy atom. The van der Waals surface area contributed by atoms with Crippen molar-refractivity contribution in [1.29, 1.82) is 0 Å². The van der Waals surface area contributed by atoms with Crippen LogP contribution in [-0.2, 0) is 0 Å². The first-order valence-electron chi connectivity index (χ1n) is 5.15. The molecule has 0 amide bonds. The molecular weight excluding hydrogens is 204 g/mol. The number of aromatic nitrogens is 1. The van der Waals surface area contributed by atoms with Gasteiger partial charge in [-0.25, -0.2) is 0 Å². The van der Waals surface area contributed by atoms with Crippen molar-refractivity contribution in [1.82, 2.24) is 5.16 Å². The van der Waals surface area contributed by atoms with Crippen molar-refractivity contribution in [2.45, 2.75) is 20.0 Å². The molecule has 0 aliphatic heterocycles. The zero-order chi connectivity index (χ0) is 11.5. The Hall–Kier alpha value is -1.97. The number of nitrogen functional groups attached to an aromatic ring is 1. The summed E-state index contributed by atoms with van der Waals surface area (Å²) in [5.74, 6) is 1.76. The average molecular weight is 218 g/mol. The first-order chi connectivity index (χ1) is 7.66. The van der Waals surface area contributed by atoms with Crippen LogP contribution in [0.25, 0.3) is 11.3 Å². The molecule has 0 saturated heterocycles. The fourth-order valence-corrected chi connectivity index (χ4v) is 1.44. The number of rotatable bonds is 3. The summed E-state index contributed by atoms with van der Waals surface area (Å²) >= 11 is 0. The number of ether oxygens (including phenoxy) is 1. The summed E-state index contributed by atoms with van der Waals surface area (Å²) in [5, 5.41) is 3.66. The lowest BCUT2D eigenvalue weighted by Crippen LogP contribution is -2.06. The minimum absolute atomic E-state index is 0.112. The van der Waals surface area contributed by atoms with Gasteiger partial charge in [0, 0.05) is 6.07 Å². The largest absolute Gasteiger partial charge is 0.490 e. The molecule has 84 valence electrons. The molecule has 0 fully saturated rings. The van der Waals surface area contributed by atoms with Gasteiger partial charge in [0.1, 0.15) is 5.75 Å². The first-order valence-corrected chi connectivity index (χ1v) is 5.15. The van der Waals surface area contributed by atoms with E-state index in [9.17, 15) is 0 Å². The van der Waals surface area contributed by atoms with Crippen molar-refractivity contribution >= 4 is 5.82 Å². The Bertz CT molecular complexity index is 477. The molecule has 0 spiro atoms. The van der Waals surface area contributed by atoms with Crippen LogP contribution in [-0.4, -0.2) is 11.3 Å². The van der Waals surface area contributed by atoms with Crippen molar-refractivity contribution < 1.29 is 9.26 Å². The van der Waals surface area contributed by atoms with E-state index in [1.54, 1.807) is 6.07 Å². The highest BCUT2D eigenvalue weighted by Crippen LogP contribution is 2.31. The summed E-state index contributed by atoms with van der Waals surface area (Å²) in [6.45, 7) is 3.96. The highest BCUT2D eigenvalue weighted by atomic mass is 16.5. The van der Waals surface area contributed by atoms with Crippen LogP contribution in [0.2, 0.25) is 0 Å². The second-order valence-corrected chi connectivity index (χ2v) is 3.78. The van der Waals surface area contributed by atoms with Crippen molar-refractivity contribution in [2.24, 2.45) is 0 Å². The summed E-state index contributed by atoms with van der Waals surface area (Å²) in [7, 11) is 0. The fourth-order valence-electron chi connectivity index (χ4n) is 1.44. The molecule has 16 heavy (non-hydrogen) atoms. The second kappa shape index (κ2) is 4.26. The molecule has 0 aliphatic carbocycles. The van der Waals surface area contributed by atoms with E-state index >= 15 is 0 Å². The summed E-state index contributed by atoms with van der Waals surface area (Å²) in [6, 6.07) is 9.33. The highest BCUT2D eigenvalue weighted by molar-refractivity contribution is 5.67. The van der Waals surface area contributed by atoms with Gasteiger partial charge in [0.15, 0.2) is 11.6 Å². The summed E-state index contributed by atoms with van der Waals surface area (Å²) in [6.07, 6.45) is 0.112. The van der Waals surface area contributed by atoms with Crippen LogP contribution in [0.15, 0.2) is 34.9 Å². The molecule has 1 aromatic heterocycles. The maximum atomic E-state index is 5.68. The summed E-state index contributed by atoms with van der Waals surface area (Å²) in [5.41, 5.74) is 6.38. The average Bonchev–Trinajstić information content (AvgIpc) is 2.65. The van der Waals surface area contributed by atoms with Gasteiger partial charge >= 0.3 is 0 Å². The van der Waals surface area contributed by atoms with E-state index in [-0.39, 0.29) is 6.10 Å². The molecule has 0 saturated carbocycles. The van der Waals surface area contributed by atoms with Gasteiger partial charge in [-0.2, -0.15) is 0 Å². The molecule has 2 rings (SSSR count). The molecule has 1 aromatic carbocycles. The van der Waals surface area contributed by atoms with E-state index < -0.39 is 0 Å². The van der Waals surface area contributed by atoms with Crippen LogP contribution >= 0.6 is 0 Å². The third-order valence-electron chi connectivity index (χ3n) is 2.04. The smallest absolute Gasteiger partial charge is 0.172 e. The molecule has 4 nitrogen and oxygen atoms in total. The Morgan fingerprint density at radius 1 is 1.31 bits per heavy atom. The van der Waals surface area contributed by atoms with Crippen molar-refractivity contribution in [2.75, 3.05) is 5.73 Å². The number of hydrogen-bond acceptors (Lipinski definition) is 4. The van der Waals surface area contributed by atoms with Crippen LogP contribution in [0.1, 0.15) is 13.8 Å². The minimum Gasteiger partial charge on any atom is -0.490 e. The summed E-state index contributed by atoms with van der Waals surface area (Å²) < 4.78 is 10.8. The molecule has 4 heteroatoms. The lowest BCUT2D eigenvalue weighted by Gasteiger charge is -2.12. The Kier molecular flexibility index (Phi) is 2.81. The molecule has 0 atom stereocenters. The van der Waals surface area contributed by atoms with Crippen molar-refractivity contribution in [3.8, 4) is 17.1 Å². The SMILES string of the molecule is CC(C)Oc1ccccc1-c1cc(N)no1. The predicted molar refractivity (Wildman–Crippen MR) is 62.1 cm³/mol.